The van der Waals surface area contributed by atoms with Crippen LogP contribution in [0, 0.1) is 0 Å². The molecule has 0 saturated carbocycles. The third-order valence-electron chi connectivity index (χ3n) is 3.52. The highest BCUT2D eigenvalue weighted by Gasteiger charge is 2.26. The fourth-order valence-corrected chi connectivity index (χ4v) is 2.36. The predicted molar refractivity (Wildman–Crippen MR) is 72.2 cm³/mol. The van der Waals surface area contributed by atoms with Gasteiger partial charge < -0.3 is 14.6 Å². The molecule has 0 spiro atoms. The van der Waals surface area contributed by atoms with Gasteiger partial charge in [-0.3, -0.25) is 9.59 Å². The Morgan fingerprint density at radius 2 is 2.37 bits per heavy atom. The Balaban J connectivity index is 2.06. The molecule has 1 aromatic rings. The minimum Gasteiger partial charge on any atom is -0.376 e. The highest BCUT2D eigenvalue weighted by molar-refractivity contribution is 5.94. The summed E-state index contributed by atoms with van der Waals surface area (Å²) in [7, 11) is 1.64. The Kier molecular flexibility index (Phi) is 4.37. The van der Waals surface area contributed by atoms with Gasteiger partial charge in [-0.25, -0.2) is 0 Å². The topological polar surface area (TPSA) is 60.3 Å². The van der Waals surface area contributed by atoms with E-state index in [0.29, 0.717) is 5.56 Å². The average Bonchev–Trinajstić information content (AvgIpc) is 2.92. The normalized spacial score (nSPS) is 20.2. The van der Waals surface area contributed by atoms with Crippen LogP contribution < -0.4 is 10.9 Å². The first-order valence-corrected chi connectivity index (χ1v) is 6.71. The second-order valence-corrected chi connectivity index (χ2v) is 4.91. The second kappa shape index (κ2) is 6.02. The zero-order valence-electron chi connectivity index (χ0n) is 11.4. The average molecular weight is 264 g/mol. The van der Waals surface area contributed by atoms with E-state index in [2.05, 4.69) is 5.32 Å². The monoisotopic (exact) mass is 264 g/mol. The number of carbonyl (C=O) groups is 1. The molecule has 2 atom stereocenters. The van der Waals surface area contributed by atoms with Crippen LogP contribution in [0.4, 0.5) is 0 Å². The fraction of sp³-hybridized carbons (Fsp3) is 0.571. The molecule has 1 amide bonds. The lowest BCUT2D eigenvalue weighted by Crippen LogP contribution is -2.42. The minimum absolute atomic E-state index is 0.0345. The molecular weight excluding hydrogens is 244 g/mol. The van der Waals surface area contributed by atoms with Crippen molar-refractivity contribution in [2.75, 3.05) is 6.61 Å². The number of hydrogen-bond acceptors (Lipinski definition) is 3. The second-order valence-electron chi connectivity index (χ2n) is 4.91. The molecule has 0 aliphatic carbocycles. The zero-order chi connectivity index (χ0) is 13.8. The van der Waals surface area contributed by atoms with Gasteiger partial charge in [-0.1, -0.05) is 6.92 Å². The third-order valence-corrected chi connectivity index (χ3v) is 3.52. The number of nitrogens with zero attached hydrogens (tertiary/aromatic N) is 1. The van der Waals surface area contributed by atoms with Crippen molar-refractivity contribution in [3.8, 4) is 0 Å². The molecule has 2 unspecified atom stereocenters. The van der Waals surface area contributed by atoms with Gasteiger partial charge in [0.2, 0.25) is 5.56 Å². The molecule has 0 aromatic carbocycles. The van der Waals surface area contributed by atoms with Gasteiger partial charge >= 0.3 is 0 Å². The number of aryl methyl sites for hydroxylation is 1. The van der Waals surface area contributed by atoms with Crippen LogP contribution in [-0.4, -0.2) is 29.2 Å². The first-order valence-electron chi connectivity index (χ1n) is 6.71. The summed E-state index contributed by atoms with van der Waals surface area (Å²) in [5.41, 5.74) is 0.376. The zero-order valence-corrected chi connectivity index (χ0v) is 11.4. The molecule has 0 radical (unpaired) electrons. The molecule has 2 rings (SSSR count). The summed E-state index contributed by atoms with van der Waals surface area (Å²) in [6.07, 6.45) is 4.55. The number of rotatable bonds is 4. The van der Waals surface area contributed by atoms with Crippen LogP contribution in [-0.2, 0) is 11.8 Å². The first-order chi connectivity index (χ1) is 9.11. The van der Waals surface area contributed by atoms with Gasteiger partial charge in [0, 0.05) is 25.9 Å². The Morgan fingerprint density at radius 3 is 2.95 bits per heavy atom. The van der Waals surface area contributed by atoms with Crippen LogP contribution in [0.2, 0.25) is 0 Å². The van der Waals surface area contributed by atoms with E-state index >= 15 is 0 Å². The number of pyridine rings is 1. The van der Waals surface area contributed by atoms with E-state index in [1.54, 1.807) is 19.3 Å². The van der Waals surface area contributed by atoms with Crippen LogP contribution in [0.15, 0.2) is 23.1 Å². The Hall–Kier alpha value is -1.62. The molecular formula is C14H20N2O3. The Morgan fingerprint density at radius 1 is 1.58 bits per heavy atom. The van der Waals surface area contributed by atoms with Gasteiger partial charge in [0.15, 0.2) is 0 Å². The SMILES string of the molecule is CCC(NC(=O)c1ccc(=O)n(C)c1)C1CCCO1. The molecule has 1 aliphatic rings. The Bertz CT molecular complexity index is 504. The smallest absolute Gasteiger partial charge is 0.253 e. The van der Waals surface area contributed by atoms with Crippen molar-refractivity contribution in [3.63, 3.8) is 0 Å². The lowest BCUT2D eigenvalue weighted by Gasteiger charge is -2.22. The Labute approximate surface area is 112 Å². The van der Waals surface area contributed by atoms with E-state index in [1.165, 1.54) is 10.6 Å². The van der Waals surface area contributed by atoms with Gasteiger partial charge in [-0.2, -0.15) is 0 Å². The molecule has 1 aromatic heterocycles. The summed E-state index contributed by atoms with van der Waals surface area (Å²) in [6.45, 7) is 2.81. The summed E-state index contributed by atoms with van der Waals surface area (Å²) >= 11 is 0. The molecule has 1 saturated heterocycles. The third kappa shape index (κ3) is 3.23. The minimum atomic E-state index is -0.155. The largest absolute Gasteiger partial charge is 0.376 e. The molecule has 2 heterocycles. The maximum atomic E-state index is 12.2. The van der Waals surface area contributed by atoms with Crippen LogP contribution in [0.3, 0.4) is 0 Å². The standard InChI is InChI=1S/C14H20N2O3/c1-3-11(12-5-4-8-19-12)15-14(18)10-6-7-13(17)16(2)9-10/h6-7,9,11-12H,3-5,8H2,1-2H3,(H,15,18). The van der Waals surface area contributed by atoms with Crippen LogP contribution in [0.5, 0.6) is 0 Å². The maximum Gasteiger partial charge on any atom is 0.253 e. The van der Waals surface area contributed by atoms with Crippen molar-refractivity contribution in [2.24, 2.45) is 7.05 Å². The molecule has 5 nitrogen and oxygen atoms in total. The quantitative estimate of drug-likeness (QED) is 0.885. The molecule has 1 fully saturated rings. The van der Waals surface area contributed by atoms with Crippen molar-refractivity contribution in [2.45, 2.75) is 38.3 Å². The van der Waals surface area contributed by atoms with E-state index in [-0.39, 0.29) is 23.6 Å². The van der Waals surface area contributed by atoms with Crippen LogP contribution in [0.25, 0.3) is 0 Å². The number of amides is 1. The highest BCUT2D eigenvalue weighted by Crippen LogP contribution is 2.17. The number of carbonyl (C=O) groups excluding carboxylic acids is 1. The molecule has 1 N–H and O–H groups in total. The van der Waals surface area contributed by atoms with E-state index in [9.17, 15) is 9.59 Å². The number of hydrogen-bond donors (Lipinski definition) is 1. The van der Waals surface area contributed by atoms with Crippen molar-refractivity contribution in [1.29, 1.82) is 0 Å². The van der Waals surface area contributed by atoms with E-state index < -0.39 is 0 Å². The molecule has 0 bridgehead atoms. The van der Waals surface area contributed by atoms with Crippen molar-refractivity contribution >= 4 is 5.91 Å². The summed E-state index contributed by atoms with van der Waals surface area (Å²) in [5.74, 6) is -0.155. The van der Waals surface area contributed by atoms with E-state index in [0.717, 1.165) is 25.9 Å². The van der Waals surface area contributed by atoms with Gasteiger partial charge in [-0.15, -0.1) is 0 Å². The van der Waals surface area contributed by atoms with Crippen molar-refractivity contribution in [1.82, 2.24) is 9.88 Å². The predicted octanol–water partition coefficient (Wildman–Crippen LogP) is 1.07. The molecule has 1 aliphatic heterocycles. The van der Waals surface area contributed by atoms with Crippen molar-refractivity contribution < 1.29 is 9.53 Å². The van der Waals surface area contributed by atoms with Gasteiger partial charge in [0.05, 0.1) is 17.7 Å². The van der Waals surface area contributed by atoms with Crippen LogP contribution >= 0.6 is 0 Å². The summed E-state index contributed by atoms with van der Waals surface area (Å²) in [5, 5.41) is 2.99. The molecule has 5 heteroatoms. The van der Waals surface area contributed by atoms with Crippen molar-refractivity contribution in [3.05, 3.63) is 34.2 Å². The van der Waals surface area contributed by atoms with Gasteiger partial charge in [0.25, 0.3) is 5.91 Å². The lowest BCUT2D eigenvalue weighted by atomic mass is 10.1. The number of nitrogens with one attached hydrogen (secondary N) is 1. The number of ether oxygens (including phenoxy) is 1. The molecule has 19 heavy (non-hydrogen) atoms. The lowest BCUT2D eigenvalue weighted by molar-refractivity contribution is 0.0665. The first kappa shape index (κ1) is 13.8. The van der Waals surface area contributed by atoms with Gasteiger partial charge in [0.1, 0.15) is 0 Å². The van der Waals surface area contributed by atoms with Crippen LogP contribution in [0.1, 0.15) is 36.5 Å². The maximum absolute atomic E-state index is 12.2. The van der Waals surface area contributed by atoms with E-state index in [4.69, 9.17) is 4.74 Å². The van der Waals surface area contributed by atoms with E-state index in [1.807, 2.05) is 6.92 Å². The fourth-order valence-electron chi connectivity index (χ4n) is 2.36. The highest BCUT2D eigenvalue weighted by atomic mass is 16.5. The summed E-state index contributed by atoms with van der Waals surface area (Å²) < 4.78 is 7.02. The summed E-state index contributed by atoms with van der Waals surface area (Å²) in [4.78, 5) is 23.4. The summed E-state index contributed by atoms with van der Waals surface area (Å²) in [6, 6.07) is 2.99. The van der Waals surface area contributed by atoms with Gasteiger partial charge in [-0.05, 0) is 25.3 Å². The molecule has 104 valence electrons. The number of aromatic nitrogens is 1.